The van der Waals surface area contributed by atoms with Gasteiger partial charge in [0.25, 0.3) is 0 Å². The van der Waals surface area contributed by atoms with Crippen LogP contribution in [0.5, 0.6) is 0 Å². The zero-order valence-corrected chi connectivity index (χ0v) is 6.79. The fraction of sp³-hybridized carbons (Fsp3) is 1.00. The molecule has 0 saturated heterocycles. The first-order chi connectivity index (χ1) is 3.81. The molecule has 0 bridgehead atoms. The summed E-state index contributed by atoms with van der Waals surface area (Å²) in [6.07, 6.45) is 3.49. The van der Waals surface area contributed by atoms with E-state index in [2.05, 4.69) is 27.3 Å². The van der Waals surface area contributed by atoms with Crippen LogP contribution in [0.15, 0.2) is 0 Å². The van der Waals surface area contributed by atoms with E-state index in [0.29, 0.717) is 0 Å². The molecule has 0 N–H and O–H groups in total. The molecule has 0 aliphatic carbocycles. The average Bonchev–Trinajstić information content (AvgIpc) is 1.83. The summed E-state index contributed by atoms with van der Waals surface area (Å²) in [7, 11) is 2.26. The minimum absolute atomic E-state index is 0.808. The van der Waals surface area contributed by atoms with Crippen LogP contribution in [0.1, 0.15) is 13.3 Å². The molecule has 0 fully saturated rings. The Bertz CT molecular complexity index is 47.8. The van der Waals surface area contributed by atoms with Crippen molar-refractivity contribution in [2.24, 2.45) is 0 Å². The molecule has 0 rings (SSSR count). The van der Waals surface area contributed by atoms with Gasteiger partial charge in [-0.15, -0.1) is 0 Å². The standard InChI is InChI=1S/C6H14BS/c1-6(7-2)4-5-8-3/h6H,4-5H2,1-3H3. The number of rotatable bonds is 4. The van der Waals surface area contributed by atoms with Crippen molar-refractivity contribution in [1.82, 2.24) is 0 Å². The van der Waals surface area contributed by atoms with Crippen molar-refractivity contribution in [1.29, 1.82) is 0 Å². The molecule has 2 heteroatoms. The number of thioether (sulfide) groups is 1. The lowest BCUT2D eigenvalue weighted by Crippen LogP contribution is -1.95. The van der Waals surface area contributed by atoms with Crippen molar-refractivity contribution in [3.63, 3.8) is 0 Å². The number of hydrogen-bond donors (Lipinski definition) is 0. The Kier molecular flexibility index (Phi) is 5.84. The van der Waals surface area contributed by atoms with E-state index in [-0.39, 0.29) is 0 Å². The van der Waals surface area contributed by atoms with E-state index in [1.807, 2.05) is 11.8 Å². The van der Waals surface area contributed by atoms with Crippen molar-refractivity contribution in [3.8, 4) is 0 Å². The van der Waals surface area contributed by atoms with Crippen molar-refractivity contribution in [2.75, 3.05) is 12.0 Å². The minimum atomic E-state index is 0.808. The molecule has 0 amide bonds. The third kappa shape index (κ3) is 4.57. The van der Waals surface area contributed by atoms with Crippen molar-refractivity contribution < 1.29 is 0 Å². The summed E-state index contributed by atoms with van der Waals surface area (Å²) in [5.74, 6) is 2.10. The van der Waals surface area contributed by atoms with Crippen LogP contribution in [0.4, 0.5) is 0 Å². The molecular formula is C6H14BS. The third-order valence-corrected chi connectivity index (χ3v) is 1.99. The third-order valence-electron chi connectivity index (χ3n) is 1.35. The average molecular weight is 129 g/mol. The maximum atomic E-state index is 2.26. The first-order valence-corrected chi connectivity index (χ1v) is 4.49. The van der Waals surface area contributed by atoms with Gasteiger partial charge < -0.3 is 0 Å². The van der Waals surface area contributed by atoms with Gasteiger partial charge in [0.15, 0.2) is 0 Å². The van der Waals surface area contributed by atoms with Crippen molar-refractivity contribution >= 4 is 19.0 Å². The van der Waals surface area contributed by atoms with E-state index < -0.39 is 0 Å². The van der Waals surface area contributed by atoms with Crippen LogP contribution in [0.3, 0.4) is 0 Å². The van der Waals surface area contributed by atoms with Gasteiger partial charge in [-0.25, -0.2) is 0 Å². The van der Waals surface area contributed by atoms with E-state index in [0.717, 1.165) is 5.82 Å². The van der Waals surface area contributed by atoms with Crippen molar-refractivity contribution in [3.05, 3.63) is 0 Å². The Morgan fingerprint density at radius 3 is 2.62 bits per heavy atom. The van der Waals surface area contributed by atoms with Crippen LogP contribution in [0.25, 0.3) is 0 Å². The molecular weight excluding hydrogens is 115 g/mol. The van der Waals surface area contributed by atoms with Crippen LogP contribution in [0, 0.1) is 0 Å². The quantitative estimate of drug-likeness (QED) is 0.525. The van der Waals surface area contributed by atoms with Gasteiger partial charge in [0.05, 0.1) is 0 Å². The zero-order chi connectivity index (χ0) is 6.41. The Morgan fingerprint density at radius 1 is 1.62 bits per heavy atom. The lowest BCUT2D eigenvalue weighted by Gasteiger charge is -2.03. The fourth-order valence-electron chi connectivity index (χ4n) is 0.470. The van der Waals surface area contributed by atoms with Gasteiger partial charge in [-0.3, -0.25) is 0 Å². The SMILES string of the molecule is C[B]C(C)CCSC. The van der Waals surface area contributed by atoms with E-state index in [1.54, 1.807) is 0 Å². The van der Waals surface area contributed by atoms with Gasteiger partial charge in [0.2, 0.25) is 0 Å². The van der Waals surface area contributed by atoms with Gasteiger partial charge in [-0.1, -0.05) is 19.6 Å². The molecule has 0 aromatic rings. The molecule has 1 unspecified atom stereocenters. The summed E-state index contributed by atoms with van der Waals surface area (Å²) in [6.45, 7) is 4.39. The summed E-state index contributed by atoms with van der Waals surface area (Å²) in [5, 5.41) is 0. The second-order valence-electron chi connectivity index (χ2n) is 2.09. The smallest absolute Gasteiger partial charge is 0.109 e. The van der Waals surface area contributed by atoms with E-state index in [1.165, 1.54) is 12.2 Å². The molecule has 0 aromatic carbocycles. The highest BCUT2D eigenvalue weighted by molar-refractivity contribution is 7.98. The monoisotopic (exact) mass is 129 g/mol. The molecule has 0 nitrogen and oxygen atoms in total. The normalized spacial score (nSPS) is 13.4. The highest BCUT2D eigenvalue weighted by Gasteiger charge is 1.96. The second-order valence-corrected chi connectivity index (χ2v) is 3.08. The van der Waals surface area contributed by atoms with Gasteiger partial charge in [-0.2, -0.15) is 11.8 Å². The highest BCUT2D eigenvalue weighted by Crippen LogP contribution is 2.10. The summed E-state index contributed by atoms with van der Waals surface area (Å²) in [4.78, 5) is 0. The summed E-state index contributed by atoms with van der Waals surface area (Å²) >= 11 is 1.93. The Labute approximate surface area is 57.7 Å². The van der Waals surface area contributed by atoms with Crippen LogP contribution in [-0.2, 0) is 0 Å². The van der Waals surface area contributed by atoms with Gasteiger partial charge in [0.1, 0.15) is 7.28 Å². The lowest BCUT2D eigenvalue weighted by molar-refractivity contribution is 0.882. The summed E-state index contributed by atoms with van der Waals surface area (Å²) in [5.41, 5.74) is 0. The summed E-state index contributed by atoms with van der Waals surface area (Å²) in [6, 6.07) is 0. The largest absolute Gasteiger partial charge is 0.165 e. The second kappa shape index (κ2) is 5.55. The van der Waals surface area contributed by atoms with Gasteiger partial charge in [0, 0.05) is 0 Å². The predicted octanol–water partition coefficient (Wildman–Crippen LogP) is 2.30. The Morgan fingerprint density at radius 2 is 2.25 bits per heavy atom. The first kappa shape index (κ1) is 8.41. The molecule has 0 spiro atoms. The molecule has 8 heavy (non-hydrogen) atoms. The van der Waals surface area contributed by atoms with Crippen LogP contribution < -0.4 is 0 Å². The highest BCUT2D eigenvalue weighted by atomic mass is 32.2. The molecule has 0 aromatic heterocycles. The molecule has 1 atom stereocenters. The minimum Gasteiger partial charge on any atom is -0.165 e. The molecule has 0 aliphatic rings. The van der Waals surface area contributed by atoms with E-state index in [9.17, 15) is 0 Å². The van der Waals surface area contributed by atoms with Crippen LogP contribution in [0.2, 0.25) is 12.6 Å². The first-order valence-electron chi connectivity index (χ1n) is 3.09. The molecule has 0 saturated carbocycles. The maximum Gasteiger partial charge on any atom is 0.109 e. The number of hydrogen-bond acceptors (Lipinski definition) is 1. The molecule has 47 valence electrons. The zero-order valence-electron chi connectivity index (χ0n) is 5.98. The Balaban J connectivity index is 2.86. The topological polar surface area (TPSA) is 0 Å². The van der Waals surface area contributed by atoms with Gasteiger partial charge in [-0.05, 0) is 18.4 Å². The Hall–Kier alpha value is 0.415. The van der Waals surface area contributed by atoms with E-state index >= 15 is 0 Å². The predicted molar refractivity (Wildman–Crippen MR) is 44.0 cm³/mol. The van der Waals surface area contributed by atoms with Gasteiger partial charge >= 0.3 is 0 Å². The molecule has 0 aliphatic heterocycles. The lowest BCUT2D eigenvalue weighted by atomic mass is 9.67. The van der Waals surface area contributed by atoms with Crippen LogP contribution in [-0.4, -0.2) is 19.3 Å². The van der Waals surface area contributed by atoms with E-state index in [4.69, 9.17) is 0 Å². The molecule has 1 radical (unpaired) electrons. The molecule has 0 heterocycles. The maximum absolute atomic E-state index is 2.26. The van der Waals surface area contributed by atoms with Crippen LogP contribution >= 0.6 is 11.8 Å². The fourth-order valence-corrected chi connectivity index (χ4v) is 1.08. The van der Waals surface area contributed by atoms with Crippen molar-refractivity contribution in [2.45, 2.75) is 26.0 Å². The summed E-state index contributed by atoms with van der Waals surface area (Å²) < 4.78 is 0.